The lowest BCUT2D eigenvalue weighted by molar-refractivity contribution is -0.138. The van der Waals surface area contributed by atoms with Crippen molar-refractivity contribution in [3.63, 3.8) is 0 Å². The van der Waals surface area contributed by atoms with Crippen LogP contribution in [-0.4, -0.2) is 27.9 Å². The van der Waals surface area contributed by atoms with Gasteiger partial charge in [-0.3, -0.25) is 15.1 Å². The predicted octanol–water partition coefficient (Wildman–Crippen LogP) is 0.870. The average Bonchev–Trinajstić information content (AvgIpc) is 2.68. The predicted molar refractivity (Wildman–Crippen MR) is 54.0 cm³/mol. The third-order valence-electron chi connectivity index (χ3n) is 2.04. The Morgan fingerprint density at radius 3 is 3.07 bits per heavy atom. The smallest absolute Gasteiger partial charge is 0.321 e. The molecule has 1 fully saturated rings. The molecule has 1 aliphatic rings. The van der Waals surface area contributed by atoms with Crippen molar-refractivity contribution in [2.24, 2.45) is 0 Å². The van der Waals surface area contributed by atoms with E-state index in [0.717, 1.165) is 5.69 Å². The van der Waals surface area contributed by atoms with E-state index in [-0.39, 0.29) is 5.37 Å². The van der Waals surface area contributed by atoms with Gasteiger partial charge in [0.05, 0.1) is 11.1 Å². The molecule has 74 valence electrons. The van der Waals surface area contributed by atoms with Crippen molar-refractivity contribution in [2.45, 2.75) is 11.4 Å². The summed E-state index contributed by atoms with van der Waals surface area (Å²) in [4.78, 5) is 14.9. The number of hydrogen-bond donors (Lipinski definition) is 2. The fourth-order valence-electron chi connectivity index (χ4n) is 1.32. The molecule has 0 amide bonds. The maximum Gasteiger partial charge on any atom is 0.321 e. The summed E-state index contributed by atoms with van der Waals surface area (Å²) in [6.45, 7) is 0. The summed E-state index contributed by atoms with van der Waals surface area (Å²) < 4.78 is 0. The van der Waals surface area contributed by atoms with E-state index in [1.54, 1.807) is 18.0 Å². The fourth-order valence-corrected chi connectivity index (χ4v) is 2.51. The minimum absolute atomic E-state index is 0.0114. The summed E-state index contributed by atoms with van der Waals surface area (Å²) >= 11 is 1.58. The first kappa shape index (κ1) is 9.48. The Morgan fingerprint density at radius 2 is 2.50 bits per heavy atom. The van der Waals surface area contributed by atoms with Crippen LogP contribution in [0.15, 0.2) is 24.4 Å². The van der Waals surface area contributed by atoms with Crippen molar-refractivity contribution in [1.29, 1.82) is 0 Å². The minimum atomic E-state index is -0.795. The molecule has 0 bridgehead atoms. The number of hydrogen-bond acceptors (Lipinski definition) is 4. The van der Waals surface area contributed by atoms with Gasteiger partial charge in [0.25, 0.3) is 0 Å². The third-order valence-corrected chi connectivity index (χ3v) is 3.27. The lowest BCUT2D eigenvalue weighted by Gasteiger charge is -2.09. The summed E-state index contributed by atoms with van der Waals surface area (Å²) in [5, 5.41) is 11.8. The van der Waals surface area contributed by atoms with E-state index in [9.17, 15) is 4.79 Å². The molecule has 2 N–H and O–H groups in total. The van der Waals surface area contributed by atoms with E-state index >= 15 is 0 Å². The quantitative estimate of drug-likeness (QED) is 0.758. The number of rotatable bonds is 2. The molecule has 0 spiro atoms. The standard InChI is InChI=1S/C9H10N2O2S/c12-9(13)7-5-14-8(11-7)6-3-1-2-4-10-6/h1-4,7-8,11H,5H2,(H,12,13)/t7?,8-/m1/s1. The maximum atomic E-state index is 10.7. The molecule has 5 heteroatoms. The molecule has 1 aromatic heterocycles. The molecule has 1 unspecified atom stereocenters. The van der Waals surface area contributed by atoms with Crippen LogP contribution in [0.25, 0.3) is 0 Å². The van der Waals surface area contributed by atoms with Crippen LogP contribution >= 0.6 is 11.8 Å². The SMILES string of the molecule is O=C(O)C1CS[C@H](c2ccccn2)N1. The van der Waals surface area contributed by atoms with Gasteiger partial charge >= 0.3 is 5.97 Å². The van der Waals surface area contributed by atoms with Crippen molar-refractivity contribution in [3.05, 3.63) is 30.1 Å². The second-order valence-corrected chi connectivity index (χ2v) is 4.16. The van der Waals surface area contributed by atoms with E-state index in [1.807, 2.05) is 18.2 Å². The van der Waals surface area contributed by atoms with E-state index in [0.29, 0.717) is 5.75 Å². The van der Waals surface area contributed by atoms with Gasteiger partial charge < -0.3 is 5.11 Å². The van der Waals surface area contributed by atoms with Crippen molar-refractivity contribution < 1.29 is 9.90 Å². The van der Waals surface area contributed by atoms with Gasteiger partial charge in [-0.1, -0.05) is 6.07 Å². The molecular formula is C9H10N2O2S. The van der Waals surface area contributed by atoms with Crippen LogP contribution in [0, 0.1) is 0 Å². The summed E-state index contributed by atoms with van der Waals surface area (Å²) in [5.41, 5.74) is 0.890. The van der Waals surface area contributed by atoms with Crippen LogP contribution in [0.5, 0.6) is 0 Å². The first-order valence-corrected chi connectivity index (χ1v) is 5.33. The molecule has 0 aromatic carbocycles. The van der Waals surface area contributed by atoms with Crippen LogP contribution in [0.4, 0.5) is 0 Å². The lowest BCUT2D eigenvalue weighted by Crippen LogP contribution is -2.33. The molecule has 1 aliphatic heterocycles. The van der Waals surface area contributed by atoms with E-state index in [4.69, 9.17) is 5.11 Å². The second kappa shape index (κ2) is 3.98. The number of carboxylic acids is 1. The zero-order valence-electron chi connectivity index (χ0n) is 7.38. The first-order valence-electron chi connectivity index (χ1n) is 4.29. The molecule has 1 aromatic rings. The van der Waals surface area contributed by atoms with Gasteiger partial charge in [-0.25, -0.2) is 0 Å². The van der Waals surface area contributed by atoms with E-state index in [2.05, 4.69) is 10.3 Å². The van der Waals surface area contributed by atoms with Gasteiger partial charge in [-0.15, -0.1) is 11.8 Å². The molecule has 2 rings (SSSR count). The normalized spacial score (nSPS) is 26.3. The van der Waals surface area contributed by atoms with E-state index < -0.39 is 12.0 Å². The minimum Gasteiger partial charge on any atom is -0.480 e. The van der Waals surface area contributed by atoms with Gasteiger partial charge in [-0.2, -0.15) is 0 Å². The number of aliphatic carboxylic acids is 1. The van der Waals surface area contributed by atoms with Crippen LogP contribution < -0.4 is 5.32 Å². The largest absolute Gasteiger partial charge is 0.480 e. The van der Waals surface area contributed by atoms with Crippen molar-refractivity contribution in [3.8, 4) is 0 Å². The third kappa shape index (κ3) is 1.88. The number of nitrogens with zero attached hydrogens (tertiary/aromatic N) is 1. The highest BCUT2D eigenvalue weighted by Crippen LogP contribution is 2.31. The number of aromatic nitrogens is 1. The van der Waals surface area contributed by atoms with Crippen LogP contribution in [0.2, 0.25) is 0 Å². The van der Waals surface area contributed by atoms with Crippen LogP contribution in [0.1, 0.15) is 11.1 Å². The molecule has 0 saturated carbocycles. The number of thioether (sulfide) groups is 1. The average molecular weight is 210 g/mol. The molecule has 14 heavy (non-hydrogen) atoms. The summed E-state index contributed by atoms with van der Waals surface area (Å²) in [7, 11) is 0. The summed E-state index contributed by atoms with van der Waals surface area (Å²) in [6.07, 6.45) is 1.71. The van der Waals surface area contributed by atoms with E-state index in [1.165, 1.54) is 0 Å². The maximum absolute atomic E-state index is 10.7. The Morgan fingerprint density at radius 1 is 1.64 bits per heavy atom. The van der Waals surface area contributed by atoms with Crippen molar-refractivity contribution in [1.82, 2.24) is 10.3 Å². The molecule has 0 radical (unpaired) electrons. The molecule has 1 saturated heterocycles. The number of carboxylic acid groups (broad SMARTS) is 1. The topological polar surface area (TPSA) is 62.2 Å². The van der Waals surface area contributed by atoms with Gasteiger partial charge in [0.1, 0.15) is 6.04 Å². The Balaban J connectivity index is 2.06. The Kier molecular flexibility index (Phi) is 2.69. The highest BCUT2D eigenvalue weighted by atomic mass is 32.2. The van der Waals surface area contributed by atoms with Gasteiger partial charge in [0, 0.05) is 11.9 Å². The van der Waals surface area contributed by atoms with Gasteiger partial charge in [0.2, 0.25) is 0 Å². The summed E-state index contributed by atoms with van der Waals surface area (Å²) in [5.74, 6) is -0.202. The molecule has 4 nitrogen and oxygen atoms in total. The zero-order valence-corrected chi connectivity index (χ0v) is 8.20. The first-order chi connectivity index (χ1) is 6.77. The summed E-state index contributed by atoms with van der Waals surface area (Å²) in [6, 6.07) is 5.19. The molecule has 2 atom stereocenters. The van der Waals surface area contributed by atoms with Crippen molar-refractivity contribution in [2.75, 3.05) is 5.75 Å². The fraction of sp³-hybridized carbons (Fsp3) is 0.333. The zero-order chi connectivity index (χ0) is 9.97. The highest BCUT2D eigenvalue weighted by Gasteiger charge is 2.30. The lowest BCUT2D eigenvalue weighted by atomic mass is 10.3. The Hall–Kier alpha value is -1.07. The molecule has 2 heterocycles. The van der Waals surface area contributed by atoms with Crippen LogP contribution in [-0.2, 0) is 4.79 Å². The number of pyridine rings is 1. The highest BCUT2D eigenvalue weighted by molar-refractivity contribution is 7.99. The number of carbonyl (C=O) groups is 1. The number of nitrogens with one attached hydrogen (secondary N) is 1. The molecular weight excluding hydrogens is 200 g/mol. The van der Waals surface area contributed by atoms with Crippen molar-refractivity contribution >= 4 is 17.7 Å². The monoisotopic (exact) mass is 210 g/mol. The van der Waals surface area contributed by atoms with Gasteiger partial charge in [0.15, 0.2) is 0 Å². The molecule has 0 aliphatic carbocycles. The Labute approximate surface area is 85.7 Å². The van der Waals surface area contributed by atoms with Crippen LogP contribution in [0.3, 0.4) is 0 Å². The van der Waals surface area contributed by atoms with Gasteiger partial charge in [-0.05, 0) is 12.1 Å². The Bertz CT molecular complexity index is 331. The second-order valence-electron chi connectivity index (χ2n) is 3.03.